The van der Waals surface area contributed by atoms with E-state index < -0.39 is 0 Å². The Morgan fingerprint density at radius 3 is 2.87 bits per heavy atom. The zero-order valence-electron chi connectivity index (χ0n) is 16.7. The van der Waals surface area contributed by atoms with Crippen LogP contribution in [0.4, 0.5) is 0 Å². The third-order valence-electron chi connectivity index (χ3n) is 5.19. The predicted molar refractivity (Wildman–Crippen MR) is 118 cm³/mol. The zero-order chi connectivity index (χ0) is 20.9. The first-order valence-corrected chi connectivity index (χ1v) is 10.1. The van der Waals surface area contributed by atoms with Gasteiger partial charge in [0.1, 0.15) is 0 Å². The maximum Gasteiger partial charge on any atom is 0.254 e. The summed E-state index contributed by atoms with van der Waals surface area (Å²) in [7, 11) is 0. The fourth-order valence-corrected chi connectivity index (χ4v) is 3.54. The van der Waals surface area contributed by atoms with Gasteiger partial charge in [0.15, 0.2) is 0 Å². The summed E-state index contributed by atoms with van der Waals surface area (Å²) < 4.78 is 1.63. The van der Waals surface area contributed by atoms with Crippen LogP contribution in [0.3, 0.4) is 0 Å². The molecule has 6 nitrogen and oxygen atoms in total. The van der Waals surface area contributed by atoms with Crippen LogP contribution in [-0.2, 0) is 17.8 Å². The number of para-hydroxylation sites is 1. The van der Waals surface area contributed by atoms with Crippen LogP contribution in [0.1, 0.15) is 30.5 Å². The summed E-state index contributed by atoms with van der Waals surface area (Å²) in [4.78, 5) is 29.8. The van der Waals surface area contributed by atoms with E-state index in [9.17, 15) is 9.59 Å². The van der Waals surface area contributed by atoms with E-state index in [2.05, 4.69) is 10.3 Å². The Morgan fingerprint density at radius 2 is 2.00 bits per heavy atom. The molecule has 0 fully saturated rings. The van der Waals surface area contributed by atoms with Crippen molar-refractivity contribution >= 4 is 16.8 Å². The highest BCUT2D eigenvalue weighted by Gasteiger charge is 2.11. The van der Waals surface area contributed by atoms with E-state index in [1.54, 1.807) is 16.8 Å². The van der Waals surface area contributed by atoms with Crippen molar-refractivity contribution in [2.75, 3.05) is 0 Å². The van der Waals surface area contributed by atoms with Crippen LogP contribution in [-0.4, -0.2) is 15.5 Å². The Bertz CT molecular complexity index is 1210. The number of allylic oxidation sites excluding steroid dienone is 3. The van der Waals surface area contributed by atoms with Gasteiger partial charge in [0.25, 0.3) is 5.56 Å². The van der Waals surface area contributed by atoms with Gasteiger partial charge in [0.05, 0.1) is 23.5 Å². The quantitative estimate of drug-likeness (QED) is 0.666. The van der Waals surface area contributed by atoms with Crippen LogP contribution in [0, 0.1) is 0 Å². The number of amides is 1. The molecule has 0 aliphatic heterocycles. The number of fused-ring (bicyclic) bond motifs is 1. The number of rotatable bonds is 6. The van der Waals surface area contributed by atoms with Gasteiger partial charge in [-0.25, -0.2) is 0 Å². The molecule has 0 atom stereocenters. The second kappa shape index (κ2) is 8.78. The molecule has 4 rings (SSSR count). The monoisotopic (exact) mass is 400 g/mol. The van der Waals surface area contributed by atoms with E-state index in [1.165, 1.54) is 0 Å². The van der Waals surface area contributed by atoms with Gasteiger partial charge in [-0.15, -0.1) is 0 Å². The fraction of sp³-hybridized carbons (Fsp3) is 0.208. The smallest absolute Gasteiger partial charge is 0.254 e. The number of aryl methyl sites for hydroxylation is 1. The number of nitrogens with two attached hydrogens (primary N) is 1. The van der Waals surface area contributed by atoms with E-state index >= 15 is 0 Å². The number of nitrogens with one attached hydrogen (secondary N) is 1. The Kier molecular flexibility index (Phi) is 5.75. The molecule has 3 N–H and O–H groups in total. The maximum atomic E-state index is 12.9. The lowest BCUT2D eigenvalue weighted by Crippen LogP contribution is -2.28. The first kappa shape index (κ1) is 19.6. The van der Waals surface area contributed by atoms with Crippen LogP contribution in [0.5, 0.6) is 0 Å². The molecule has 0 saturated heterocycles. The molecule has 0 spiro atoms. The Balaban J connectivity index is 1.44. The average molecular weight is 400 g/mol. The van der Waals surface area contributed by atoms with Crippen molar-refractivity contribution in [3.8, 4) is 0 Å². The molecule has 2 heterocycles. The molecule has 1 amide bonds. The highest BCUT2D eigenvalue weighted by molar-refractivity contribution is 5.79. The van der Waals surface area contributed by atoms with E-state index in [0.29, 0.717) is 29.9 Å². The molecule has 6 heteroatoms. The van der Waals surface area contributed by atoms with Gasteiger partial charge in [0, 0.05) is 29.3 Å². The molecule has 1 aromatic carbocycles. The number of carbonyl (C=O) groups excluding carboxylic acids is 1. The summed E-state index contributed by atoms with van der Waals surface area (Å²) in [5, 5.41) is 3.91. The van der Waals surface area contributed by atoms with Crippen LogP contribution in [0.15, 0.2) is 83.1 Å². The molecular weight excluding hydrogens is 376 g/mol. The van der Waals surface area contributed by atoms with Gasteiger partial charge in [-0.1, -0.05) is 36.4 Å². The molecule has 152 valence electrons. The molecule has 30 heavy (non-hydrogen) atoms. The molecule has 0 radical (unpaired) electrons. The third kappa shape index (κ3) is 4.49. The number of benzene rings is 1. The van der Waals surface area contributed by atoms with Crippen molar-refractivity contribution < 1.29 is 4.79 Å². The van der Waals surface area contributed by atoms with E-state index in [-0.39, 0.29) is 17.9 Å². The Hall–Kier alpha value is -3.67. The fourth-order valence-electron chi connectivity index (χ4n) is 3.54. The van der Waals surface area contributed by atoms with E-state index in [4.69, 9.17) is 5.73 Å². The molecular formula is C24H24N4O2. The number of hydrogen-bond donors (Lipinski definition) is 2. The molecule has 2 aromatic heterocycles. The molecule has 3 aromatic rings. The van der Waals surface area contributed by atoms with Crippen molar-refractivity contribution in [2.24, 2.45) is 5.73 Å². The number of carbonyl (C=O) groups is 1. The summed E-state index contributed by atoms with van der Waals surface area (Å²) in [6, 6.07) is 15.4. The number of aromatic nitrogens is 2. The largest absolute Gasteiger partial charge is 0.400 e. The second-order valence-electron chi connectivity index (χ2n) is 7.39. The van der Waals surface area contributed by atoms with E-state index in [0.717, 1.165) is 29.4 Å². The van der Waals surface area contributed by atoms with Gasteiger partial charge in [0.2, 0.25) is 5.91 Å². The highest BCUT2D eigenvalue weighted by atomic mass is 16.1. The summed E-state index contributed by atoms with van der Waals surface area (Å²) in [5.41, 5.74) is 9.52. The minimum absolute atomic E-state index is 0.100. The first-order chi connectivity index (χ1) is 14.6. The second-order valence-corrected chi connectivity index (χ2v) is 7.39. The van der Waals surface area contributed by atoms with Crippen LogP contribution >= 0.6 is 0 Å². The minimum atomic E-state index is -0.148. The summed E-state index contributed by atoms with van der Waals surface area (Å²) in [6.07, 6.45) is 7.80. The number of pyridine rings is 2. The SMILES string of the molecule is NC1=C(NC(=O)CCc2cccn(Cc3ccc4ccccc4n3)c2=O)C=CCC1. The van der Waals surface area contributed by atoms with Crippen molar-refractivity contribution in [1.82, 2.24) is 14.9 Å². The summed E-state index contributed by atoms with van der Waals surface area (Å²) in [6.45, 7) is 0.387. The lowest BCUT2D eigenvalue weighted by Gasteiger charge is -2.13. The third-order valence-corrected chi connectivity index (χ3v) is 5.19. The molecule has 1 aliphatic rings. The van der Waals surface area contributed by atoms with Gasteiger partial charge < -0.3 is 15.6 Å². The Labute approximate surface area is 174 Å². The van der Waals surface area contributed by atoms with Crippen molar-refractivity contribution in [3.05, 3.63) is 99.9 Å². The molecule has 0 unspecified atom stereocenters. The molecule has 0 bridgehead atoms. The normalized spacial score (nSPS) is 13.6. The minimum Gasteiger partial charge on any atom is -0.400 e. The molecule has 1 aliphatic carbocycles. The lowest BCUT2D eigenvalue weighted by molar-refractivity contribution is -0.120. The number of nitrogens with zero attached hydrogens (tertiary/aromatic N) is 2. The average Bonchev–Trinajstić information content (AvgIpc) is 2.76. The number of hydrogen-bond acceptors (Lipinski definition) is 4. The highest BCUT2D eigenvalue weighted by Crippen LogP contribution is 2.13. The van der Waals surface area contributed by atoms with Crippen molar-refractivity contribution in [1.29, 1.82) is 0 Å². The standard InChI is InChI=1S/C24H24N4O2/c25-20-8-2-4-10-22(20)27-23(29)14-12-18-7-5-15-28(24(18)30)16-19-13-11-17-6-1-3-9-21(17)26-19/h1,3-7,9-11,13,15H,2,8,12,14,16,25H2,(H,27,29). The van der Waals surface area contributed by atoms with Crippen molar-refractivity contribution in [2.45, 2.75) is 32.2 Å². The van der Waals surface area contributed by atoms with Gasteiger partial charge in [-0.05, 0) is 43.5 Å². The van der Waals surface area contributed by atoms with Gasteiger partial charge in [-0.3, -0.25) is 14.6 Å². The zero-order valence-corrected chi connectivity index (χ0v) is 16.7. The summed E-state index contributed by atoms with van der Waals surface area (Å²) >= 11 is 0. The molecule has 0 saturated carbocycles. The van der Waals surface area contributed by atoms with Crippen molar-refractivity contribution in [3.63, 3.8) is 0 Å². The van der Waals surface area contributed by atoms with E-state index in [1.807, 2.05) is 54.6 Å². The Morgan fingerprint density at radius 1 is 1.13 bits per heavy atom. The topological polar surface area (TPSA) is 90.0 Å². The maximum absolute atomic E-state index is 12.9. The van der Waals surface area contributed by atoms with Crippen LogP contribution in [0.2, 0.25) is 0 Å². The van der Waals surface area contributed by atoms with Crippen LogP contribution < -0.4 is 16.6 Å². The summed E-state index contributed by atoms with van der Waals surface area (Å²) in [5.74, 6) is -0.148. The predicted octanol–water partition coefficient (Wildman–Crippen LogP) is 3.01. The van der Waals surface area contributed by atoms with Gasteiger partial charge >= 0.3 is 0 Å². The van der Waals surface area contributed by atoms with Gasteiger partial charge in [-0.2, -0.15) is 0 Å². The van der Waals surface area contributed by atoms with Crippen LogP contribution in [0.25, 0.3) is 10.9 Å². The lowest BCUT2D eigenvalue weighted by atomic mass is 10.1. The first-order valence-electron chi connectivity index (χ1n) is 10.1.